The number of rotatable bonds is 4. The lowest BCUT2D eigenvalue weighted by Gasteiger charge is -2.08. The summed E-state index contributed by atoms with van der Waals surface area (Å²) in [5.41, 5.74) is 0. The molecule has 1 amide bonds. The van der Waals surface area contributed by atoms with E-state index in [9.17, 15) is 4.79 Å². The SMILES string of the molecule is CC(CO)CNC(=O)c1ccc(C#N)s1. The van der Waals surface area contributed by atoms with E-state index in [1.165, 1.54) is 0 Å². The number of carbonyl (C=O) groups is 1. The first-order valence-corrected chi connectivity index (χ1v) is 5.38. The van der Waals surface area contributed by atoms with E-state index in [0.29, 0.717) is 16.3 Å². The number of thiophene rings is 1. The van der Waals surface area contributed by atoms with Crippen molar-refractivity contribution in [1.29, 1.82) is 5.26 Å². The second kappa shape index (κ2) is 5.49. The second-order valence-corrected chi connectivity index (χ2v) is 4.36. The number of hydrogen-bond acceptors (Lipinski definition) is 4. The lowest BCUT2D eigenvalue weighted by molar-refractivity contribution is 0.0946. The van der Waals surface area contributed by atoms with Crippen LogP contribution in [0.3, 0.4) is 0 Å². The maximum Gasteiger partial charge on any atom is 0.261 e. The largest absolute Gasteiger partial charge is 0.396 e. The Morgan fingerprint density at radius 1 is 1.73 bits per heavy atom. The summed E-state index contributed by atoms with van der Waals surface area (Å²) in [6.45, 7) is 2.33. The highest BCUT2D eigenvalue weighted by Gasteiger charge is 2.09. The van der Waals surface area contributed by atoms with Crippen molar-refractivity contribution in [2.45, 2.75) is 6.92 Å². The molecule has 1 aromatic heterocycles. The molecule has 0 saturated carbocycles. The average molecular weight is 224 g/mol. The number of hydrogen-bond donors (Lipinski definition) is 2. The first-order chi connectivity index (χ1) is 7.17. The molecule has 0 saturated heterocycles. The van der Waals surface area contributed by atoms with Crippen molar-refractivity contribution >= 4 is 17.2 Å². The van der Waals surface area contributed by atoms with Gasteiger partial charge in [0.1, 0.15) is 10.9 Å². The van der Waals surface area contributed by atoms with E-state index in [2.05, 4.69) is 5.32 Å². The van der Waals surface area contributed by atoms with E-state index in [1.807, 2.05) is 13.0 Å². The van der Waals surface area contributed by atoms with Crippen LogP contribution in [0.25, 0.3) is 0 Å². The molecule has 2 N–H and O–H groups in total. The molecule has 1 aromatic rings. The average Bonchev–Trinajstić information content (AvgIpc) is 2.73. The zero-order chi connectivity index (χ0) is 11.3. The predicted molar refractivity (Wildman–Crippen MR) is 57.6 cm³/mol. The van der Waals surface area contributed by atoms with Crippen molar-refractivity contribution in [2.24, 2.45) is 5.92 Å². The molecular weight excluding hydrogens is 212 g/mol. The summed E-state index contributed by atoms with van der Waals surface area (Å²) in [6, 6.07) is 5.22. The normalized spacial score (nSPS) is 11.8. The van der Waals surface area contributed by atoms with Gasteiger partial charge in [0.2, 0.25) is 0 Å². The highest BCUT2D eigenvalue weighted by Crippen LogP contribution is 2.14. The molecule has 15 heavy (non-hydrogen) atoms. The van der Waals surface area contributed by atoms with E-state index in [0.717, 1.165) is 11.3 Å². The molecule has 0 fully saturated rings. The highest BCUT2D eigenvalue weighted by atomic mass is 32.1. The monoisotopic (exact) mass is 224 g/mol. The molecule has 4 nitrogen and oxygen atoms in total. The molecule has 5 heteroatoms. The predicted octanol–water partition coefficient (Wildman–Crippen LogP) is 0.978. The van der Waals surface area contributed by atoms with Gasteiger partial charge in [-0.15, -0.1) is 11.3 Å². The van der Waals surface area contributed by atoms with Crippen LogP contribution in [0.2, 0.25) is 0 Å². The minimum Gasteiger partial charge on any atom is -0.396 e. The number of carbonyl (C=O) groups excluding carboxylic acids is 1. The van der Waals surface area contributed by atoms with Gasteiger partial charge in [-0.3, -0.25) is 4.79 Å². The number of aliphatic hydroxyl groups excluding tert-OH is 1. The highest BCUT2D eigenvalue weighted by molar-refractivity contribution is 7.14. The minimum atomic E-state index is -0.193. The smallest absolute Gasteiger partial charge is 0.261 e. The van der Waals surface area contributed by atoms with Gasteiger partial charge in [0, 0.05) is 13.2 Å². The number of amides is 1. The standard InChI is InChI=1S/C10H12N2O2S/c1-7(6-13)5-12-10(14)9-3-2-8(4-11)15-9/h2-3,7,13H,5-6H2,1H3,(H,12,14). The molecule has 1 atom stereocenters. The molecule has 0 aromatic carbocycles. The van der Waals surface area contributed by atoms with E-state index < -0.39 is 0 Å². The molecule has 80 valence electrons. The van der Waals surface area contributed by atoms with E-state index in [4.69, 9.17) is 10.4 Å². The van der Waals surface area contributed by atoms with Gasteiger partial charge in [0.15, 0.2) is 0 Å². The number of nitriles is 1. The molecule has 0 aliphatic carbocycles. The Kier molecular flexibility index (Phi) is 4.28. The van der Waals surface area contributed by atoms with Crippen molar-refractivity contribution in [3.8, 4) is 6.07 Å². The van der Waals surface area contributed by atoms with Crippen LogP contribution in [0, 0.1) is 17.2 Å². The van der Waals surface area contributed by atoms with Gasteiger partial charge in [0.05, 0.1) is 4.88 Å². The summed E-state index contributed by atoms with van der Waals surface area (Å²) in [5, 5.41) is 20.0. The van der Waals surface area contributed by atoms with Crippen LogP contribution in [-0.2, 0) is 0 Å². The molecule has 0 radical (unpaired) electrons. The molecular formula is C10H12N2O2S. The lowest BCUT2D eigenvalue weighted by atomic mass is 10.2. The van der Waals surface area contributed by atoms with Crippen molar-refractivity contribution in [3.63, 3.8) is 0 Å². The van der Waals surface area contributed by atoms with E-state index >= 15 is 0 Å². The summed E-state index contributed by atoms with van der Waals surface area (Å²) < 4.78 is 0. The molecule has 0 aliphatic heterocycles. The summed E-state index contributed by atoms with van der Waals surface area (Å²) in [4.78, 5) is 12.6. The first kappa shape index (κ1) is 11.7. The Balaban J connectivity index is 2.51. The summed E-state index contributed by atoms with van der Waals surface area (Å²) >= 11 is 1.16. The molecule has 0 bridgehead atoms. The zero-order valence-electron chi connectivity index (χ0n) is 8.36. The fourth-order valence-corrected chi connectivity index (χ4v) is 1.66. The van der Waals surface area contributed by atoms with Crippen LogP contribution in [0.15, 0.2) is 12.1 Å². The third kappa shape index (κ3) is 3.35. The Bertz CT molecular complexity index is 381. The Hall–Kier alpha value is -1.38. The number of nitrogens with one attached hydrogen (secondary N) is 1. The molecule has 0 aliphatic rings. The zero-order valence-corrected chi connectivity index (χ0v) is 9.17. The van der Waals surface area contributed by atoms with E-state index in [-0.39, 0.29) is 18.4 Å². The summed E-state index contributed by atoms with van der Waals surface area (Å²) in [7, 11) is 0. The maximum atomic E-state index is 11.5. The number of aliphatic hydroxyl groups is 1. The van der Waals surface area contributed by atoms with Gasteiger partial charge in [-0.05, 0) is 18.1 Å². The van der Waals surface area contributed by atoms with Crippen molar-refractivity contribution in [3.05, 3.63) is 21.9 Å². The van der Waals surface area contributed by atoms with Crippen LogP contribution in [-0.4, -0.2) is 24.2 Å². The van der Waals surface area contributed by atoms with Gasteiger partial charge in [-0.2, -0.15) is 5.26 Å². The van der Waals surface area contributed by atoms with Crippen molar-refractivity contribution in [1.82, 2.24) is 5.32 Å². The number of nitrogens with zero attached hydrogens (tertiary/aromatic N) is 1. The Morgan fingerprint density at radius 2 is 2.47 bits per heavy atom. The minimum absolute atomic E-state index is 0.0457. The van der Waals surface area contributed by atoms with Crippen molar-refractivity contribution < 1.29 is 9.90 Å². The Morgan fingerprint density at radius 3 is 3.00 bits per heavy atom. The lowest BCUT2D eigenvalue weighted by Crippen LogP contribution is -2.28. The van der Waals surface area contributed by atoms with Gasteiger partial charge in [0.25, 0.3) is 5.91 Å². The molecule has 1 heterocycles. The fourth-order valence-electron chi connectivity index (χ4n) is 0.939. The van der Waals surface area contributed by atoms with Crippen LogP contribution in [0.4, 0.5) is 0 Å². The molecule has 0 spiro atoms. The summed E-state index contributed by atoms with van der Waals surface area (Å²) in [5.74, 6) is -0.147. The van der Waals surface area contributed by atoms with E-state index in [1.54, 1.807) is 12.1 Å². The third-order valence-corrected chi connectivity index (χ3v) is 2.85. The third-order valence-electron chi connectivity index (χ3n) is 1.86. The van der Waals surface area contributed by atoms with Gasteiger partial charge in [-0.25, -0.2) is 0 Å². The molecule has 1 rings (SSSR count). The second-order valence-electron chi connectivity index (χ2n) is 3.27. The van der Waals surface area contributed by atoms with Gasteiger partial charge < -0.3 is 10.4 Å². The first-order valence-electron chi connectivity index (χ1n) is 4.56. The Labute approximate surface area is 92.2 Å². The van der Waals surface area contributed by atoms with Gasteiger partial charge >= 0.3 is 0 Å². The molecule has 1 unspecified atom stereocenters. The van der Waals surface area contributed by atoms with Crippen LogP contribution >= 0.6 is 11.3 Å². The fraction of sp³-hybridized carbons (Fsp3) is 0.400. The summed E-state index contributed by atoms with van der Waals surface area (Å²) in [6.07, 6.45) is 0. The van der Waals surface area contributed by atoms with Gasteiger partial charge in [-0.1, -0.05) is 6.92 Å². The quantitative estimate of drug-likeness (QED) is 0.800. The topological polar surface area (TPSA) is 73.1 Å². The van der Waals surface area contributed by atoms with Crippen LogP contribution < -0.4 is 5.32 Å². The van der Waals surface area contributed by atoms with Crippen LogP contribution in [0.1, 0.15) is 21.5 Å². The van der Waals surface area contributed by atoms with Crippen molar-refractivity contribution in [2.75, 3.05) is 13.2 Å². The van der Waals surface area contributed by atoms with Crippen LogP contribution in [0.5, 0.6) is 0 Å². The maximum absolute atomic E-state index is 11.5.